The smallest absolute Gasteiger partial charge is 0.422 e. The largest absolute Gasteiger partial charge is 0.483 e. The van der Waals surface area contributed by atoms with E-state index in [4.69, 9.17) is 9.47 Å². The molecule has 0 bridgehead atoms. The Kier molecular flexibility index (Phi) is 4.04. The van der Waals surface area contributed by atoms with Crippen molar-refractivity contribution in [2.24, 2.45) is 0 Å². The van der Waals surface area contributed by atoms with Gasteiger partial charge < -0.3 is 9.47 Å². The Morgan fingerprint density at radius 3 is 2.58 bits per heavy atom. The van der Waals surface area contributed by atoms with Crippen molar-refractivity contribution in [2.75, 3.05) is 13.7 Å². The molecule has 0 N–H and O–H groups in total. The lowest BCUT2D eigenvalue weighted by molar-refractivity contribution is -0.153. The summed E-state index contributed by atoms with van der Waals surface area (Å²) >= 11 is 0. The fraction of sp³-hybridized carbons (Fsp3) is 0.188. The van der Waals surface area contributed by atoms with Gasteiger partial charge in [-0.15, -0.1) is 0 Å². The number of rotatable bonds is 4. The van der Waals surface area contributed by atoms with Crippen LogP contribution in [0.5, 0.6) is 11.6 Å². The molecule has 2 aromatic heterocycles. The average Bonchev–Trinajstić information content (AvgIpc) is 2.94. The summed E-state index contributed by atoms with van der Waals surface area (Å²) in [5.74, 6) is -0.317. The second-order valence-electron chi connectivity index (χ2n) is 4.99. The van der Waals surface area contributed by atoms with Crippen molar-refractivity contribution in [3.8, 4) is 22.8 Å². The highest BCUT2D eigenvalue weighted by molar-refractivity contribution is 5.81. The molecule has 0 amide bonds. The standard InChI is InChI=1S/C16H12F4N2O2/c1-23-14-8-22-7-10(17)6-12(15(22)21-14)11-4-2-3-5-13(11)24-9-16(18,19)20/h2-8H,9H2,1H3. The molecule has 0 radical (unpaired) electrons. The summed E-state index contributed by atoms with van der Waals surface area (Å²) in [6.45, 7) is -1.44. The molecule has 0 aliphatic rings. The molecule has 0 unspecified atom stereocenters. The van der Waals surface area contributed by atoms with Gasteiger partial charge in [0, 0.05) is 17.3 Å². The number of benzene rings is 1. The van der Waals surface area contributed by atoms with E-state index in [0.29, 0.717) is 16.8 Å². The summed E-state index contributed by atoms with van der Waals surface area (Å²) in [4.78, 5) is 4.19. The number of nitrogens with zero attached hydrogens (tertiary/aromatic N) is 2. The van der Waals surface area contributed by atoms with Crippen LogP contribution in [0.2, 0.25) is 0 Å². The van der Waals surface area contributed by atoms with Gasteiger partial charge in [-0.05, 0) is 12.1 Å². The van der Waals surface area contributed by atoms with Gasteiger partial charge in [-0.2, -0.15) is 18.2 Å². The number of methoxy groups -OCH3 is 1. The first-order valence-corrected chi connectivity index (χ1v) is 6.88. The van der Waals surface area contributed by atoms with Gasteiger partial charge in [0.25, 0.3) is 0 Å². The number of pyridine rings is 1. The summed E-state index contributed by atoms with van der Waals surface area (Å²) in [7, 11) is 1.41. The molecular formula is C16H12F4N2O2. The van der Waals surface area contributed by atoms with Crippen molar-refractivity contribution in [1.29, 1.82) is 0 Å². The molecule has 4 nitrogen and oxygen atoms in total. The van der Waals surface area contributed by atoms with Crippen LogP contribution in [-0.2, 0) is 0 Å². The fourth-order valence-corrected chi connectivity index (χ4v) is 2.31. The molecule has 0 spiro atoms. The minimum Gasteiger partial charge on any atom is -0.483 e. The minimum absolute atomic E-state index is 0.00991. The van der Waals surface area contributed by atoms with E-state index in [9.17, 15) is 17.6 Å². The number of ether oxygens (including phenoxy) is 2. The fourth-order valence-electron chi connectivity index (χ4n) is 2.31. The van der Waals surface area contributed by atoms with E-state index in [0.717, 1.165) is 0 Å². The predicted molar refractivity (Wildman–Crippen MR) is 78.7 cm³/mol. The quantitative estimate of drug-likeness (QED) is 0.671. The number of aromatic nitrogens is 2. The molecule has 8 heteroatoms. The Morgan fingerprint density at radius 1 is 1.12 bits per heavy atom. The van der Waals surface area contributed by atoms with Crippen LogP contribution >= 0.6 is 0 Å². The summed E-state index contributed by atoms with van der Waals surface area (Å²) in [6, 6.07) is 7.29. The van der Waals surface area contributed by atoms with Crippen molar-refractivity contribution < 1.29 is 27.0 Å². The van der Waals surface area contributed by atoms with E-state index < -0.39 is 18.6 Å². The molecule has 2 heterocycles. The molecule has 1 aromatic carbocycles. The van der Waals surface area contributed by atoms with Crippen molar-refractivity contribution >= 4 is 5.65 Å². The lowest BCUT2D eigenvalue weighted by atomic mass is 10.1. The van der Waals surface area contributed by atoms with Gasteiger partial charge in [-0.25, -0.2) is 4.39 Å². The Labute approximate surface area is 134 Å². The number of hydrogen-bond acceptors (Lipinski definition) is 3. The van der Waals surface area contributed by atoms with E-state index in [2.05, 4.69) is 4.98 Å². The van der Waals surface area contributed by atoms with Crippen LogP contribution in [0.1, 0.15) is 0 Å². The number of halogens is 4. The normalized spacial score (nSPS) is 11.7. The Hall–Kier alpha value is -2.77. The van der Waals surface area contributed by atoms with Crippen molar-refractivity contribution in [2.45, 2.75) is 6.18 Å². The molecule has 0 atom stereocenters. The van der Waals surface area contributed by atoms with Crippen LogP contribution in [0.3, 0.4) is 0 Å². The van der Waals surface area contributed by atoms with Crippen LogP contribution in [0.25, 0.3) is 16.8 Å². The first kappa shape index (κ1) is 16.1. The van der Waals surface area contributed by atoms with Gasteiger partial charge in [-0.1, -0.05) is 18.2 Å². The topological polar surface area (TPSA) is 35.8 Å². The molecule has 0 saturated carbocycles. The van der Waals surface area contributed by atoms with Crippen LogP contribution in [0.4, 0.5) is 17.6 Å². The zero-order valence-corrected chi connectivity index (χ0v) is 12.5. The highest BCUT2D eigenvalue weighted by Crippen LogP contribution is 2.34. The van der Waals surface area contributed by atoms with Crippen LogP contribution in [-0.4, -0.2) is 29.3 Å². The Bertz CT molecular complexity index is 874. The van der Waals surface area contributed by atoms with Gasteiger partial charge in [0.05, 0.1) is 13.3 Å². The summed E-state index contributed by atoms with van der Waals surface area (Å²) in [6.07, 6.45) is -1.80. The minimum atomic E-state index is -4.47. The molecular weight excluding hydrogens is 328 g/mol. The molecule has 3 rings (SSSR count). The maximum absolute atomic E-state index is 13.9. The lowest BCUT2D eigenvalue weighted by Gasteiger charge is -2.13. The number of alkyl halides is 3. The molecule has 3 aromatic rings. The van der Waals surface area contributed by atoms with Gasteiger partial charge in [0.15, 0.2) is 6.61 Å². The molecule has 24 heavy (non-hydrogen) atoms. The molecule has 0 saturated heterocycles. The molecule has 0 aliphatic carbocycles. The lowest BCUT2D eigenvalue weighted by Crippen LogP contribution is -2.19. The van der Waals surface area contributed by atoms with Crippen molar-refractivity contribution in [1.82, 2.24) is 9.38 Å². The second kappa shape index (κ2) is 6.03. The second-order valence-corrected chi connectivity index (χ2v) is 4.99. The van der Waals surface area contributed by atoms with Gasteiger partial charge in [-0.3, -0.25) is 4.40 Å². The predicted octanol–water partition coefficient (Wildman–Crippen LogP) is 4.09. The zero-order valence-electron chi connectivity index (χ0n) is 12.5. The highest BCUT2D eigenvalue weighted by Gasteiger charge is 2.29. The Balaban J connectivity index is 2.12. The number of para-hydroxylation sites is 1. The molecule has 126 valence electrons. The van der Waals surface area contributed by atoms with E-state index in [1.807, 2.05) is 0 Å². The van der Waals surface area contributed by atoms with E-state index in [-0.39, 0.29) is 11.6 Å². The van der Waals surface area contributed by atoms with Crippen LogP contribution in [0.15, 0.2) is 42.7 Å². The van der Waals surface area contributed by atoms with Crippen LogP contribution in [0, 0.1) is 5.82 Å². The summed E-state index contributed by atoms with van der Waals surface area (Å²) in [5.41, 5.74) is 0.951. The third-order valence-corrected chi connectivity index (χ3v) is 3.27. The van der Waals surface area contributed by atoms with Crippen molar-refractivity contribution in [3.63, 3.8) is 0 Å². The summed E-state index contributed by atoms with van der Waals surface area (Å²) < 4.78 is 62.5. The Morgan fingerprint density at radius 2 is 1.88 bits per heavy atom. The van der Waals surface area contributed by atoms with Crippen molar-refractivity contribution in [3.05, 3.63) is 48.5 Å². The van der Waals surface area contributed by atoms with E-state index >= 15 is 0 Å². The van der Waals surface area contributed by atoms with Gasteiger partial charge in [0.2, 0.25) is 5.88 Å². The first-order valence-electron chi connectivity index (χ1n) is 6.88. The van der Waals surface area contributed by atoms with Crippen LogP contribution < -0.4 is 9.47 Å². The monoisotopic (exact) mass is 340 g/mol. The summed E-state index contributed by atoms with van der Waals surface area (Å²) in [5, 5.41) is 0. The average molecular weight is 340 g/mol. The maximum Gasteiger partial charge on any atom is 0.422 e. The molecule has 0 fully saturated rings. The number of imidazole rings is 1. The number of fused-ring (bicyclic) bond motifs is 1. The third kappa shape index (κ3) is 3.27. The zero-order chi connectivity index (χ0) is 17.3. The number of hydrogen-bond donors (Lipinski definition) is 0. The first-order chi connectivity index (χ1) is 11.4. The van der Waals surface area contributed by atoms with Gasteiger partial charge in [0.1, 0.15) is 17.2 Å². The van der Waals surface area contributed by atoms with E-state index in [1.54, 1.807) is 12.1 Å². The van der Waals surface area contributed by atoms with E-state index in [1.165, 1.54) is 42.1 Å². The third-order valence-electron chi connectivity index (χ3n) is 3.27. The SMILES string of the molecule is COc1cn2cc(F)cc(-c3ccccc3OCC(F)(F)F)c2n1. The van der Waals surface area contributed by atoms with Gasteiger partial charge >= 0.3 is 6.18 Å². The maximum atomic E-state index is 13.9. The molecule has 0 aliphatic heterocycles. The highest BCUT2D eigenvalue weighted by atomic mass is 19.4.